The fourth-order valence-electron chi connectivity index (χ4n) is 1.35. The minimum absolute atomic E-state index is 0.111. The Hall–Kier alpha value is -0.680. The van der Waals surface area contributed by atoms with E-state index in [-0.39, 0.29) is 17.0 Å². The van der Waals surface area contributed by atoms with Gasteiger partial charge in [0.1, 0.15) is 11.6 Å². The largest absolute Gasteiger partial charge is 0.236 e. The highest BCUT2D eigenvalue weighted by Crippen LogP contribution is 2.24. The summed E-state index contributed by atoms with van der Waals surface area (Å²) in [5.74, 6) is -2.37. The van der Waals surface area contributed by atoms with Crippen LogP contribution in [0.5, 0.6) is 0 Å². The summed E-state index contributed by atoms with van der Waals surface area (Å²) < 4.78 is 48.2. The average molecular weight is 269 g/mol. The van der Waals surface area contributed by atoms with Crippen LogP contribution in [0, 0.1) is 11.6 Å². The molecule has 1 aromatic rings. The van der Waals surface area contributed by atoms with Gasteiger partial charge in [-0.25, -0.2) is 17.2 Å². The molecule has 90 valence electrons. The molecule has 0 aliphatic carbocycles. The van der Waals surface area contributed by atoms with Crippen molar-refractivity contribution >= 4 is 19.7 Å². The van der Waals surface area contributed by atoms with E-state index in [0.717, 1.165) is 0 Å². The Labute approximate surface area is 97.7 Å². The number of rotatable bonds is 3. The smallest absolute Gasteiger partial charge is 0.212 e. The molecule has 0 bridgehead atoms. The van der Waals surface area contributed by atoms with E-state index < -0.39 is 26.4 Å². The van der Waals surface area contributed by atoms with E-state index in [2.05, 4.69) is 0 Å². The molecule has 0 spiro atoms. The Morgan fingerprint density at radius 1 is 1.25 bits per heavy atom. The zero-order valence-electron chi connectivity index (χ0n) is 8.80. The summed E-state index contributed by atoms with van der Waals surface area (Å²) >= 11 is 0. The van der Waals surface area contributed by atoms with E-state index in [1.54, 1.807) is 13.8 Å². The molecule has 0 aromatic heterocycles. The molecule has 0 saturated carbocycles. The molecular formula is C10H11ClF2O2S. The molecule has 1 aromatic carbocycles. The minimum atomic E-state index is -3.85. The number of benzene rings is 1. The molecule has 0 atom stereocenters. The number of hydrogen-bond donors (Lipinski definition) is 0. The molecule has 1 rings (SSSR count). The molecule has 0 aliphatic heterocycles. The number of halogens is 3. The van der Waals surface area contributed by atoms with Gasteiger partial charge in [-0.2, -0.15) is 0 Å². The molecule has 0 unspecified atom stereocenters. The molecule has 16 heavy (non-hydrogen) atoms. The summed E-state index contributed by atoms with van der Waals surface area (Å²) in [6, 6.07) is 1.89. The second-order valence-corrected chi connectivity index (χ2v) is 6.58. The topological polar surface area (TPSA) is 34.1 Å². The highest BCUT2D eigenvalue weighted by Gasteiger charge is 2.16. The van der Waals surface area contributed by atoms with Crippen molar-refractivity contribution < 1.29 is 17.2 Å². The second kappa shape index (κ2) is 4.67. The van der Waals surface area contributed by atoms with E-state index in [1.807, 2.05) is 0 Å². The molecule has 2 nitrogen and oxygen atoms in total. The molecule has 0 saturated heterocycles. The normalized spacial score (nSPS) is 12.1. The van der Waals surface area contributed by atoms with Crippen LogP contribution < -0.4 is 0 Å². The van der Waals surface area contributed by atoms with Gasteiger partial charge in [0, 0.05) is 22.3 Å². The van der Waals surface area contributed by atoms with Crippen molar-refractivity contribution in [3.05, 3.63) is 34.9 Å². The van der Waals surface area contributed by atoms with Crippen molar-refractivity contribution in [2.45, 2.75) is 25.5 Å². The van der Waals surface area contributed by atoms with Crippen molar-refractivity contribution in [3.63, 3.8) is 0 Å². The van der Waals surface area contributed by atoms with Crippen LogP contribution in [0.4, 0.5) is 8.78 Å². The van der Waals surface area contributed by atoms with Gasteiger partial charge in [0.25, 0.3) is 0 Å². The quantitative estimate of drug-likeness (QED) is 0.789. The molecule has 0 fully saturated rings. The zero-order valence-corrected chi connectivity index (χ0v) is 10.4. The van der Waals surface area contributed by atoms with Crippen LogP contribution in [0.2, 0.25) is 0 Å². The third-order valence-corrected chi connectivity index (χ3v) is 3.10. The molecule has 0 aliphatic rings. The van der Waals surface area contributed by atoms with Crippen LogP contribution >= 0.6 is 10.7 Å². The van der Waals surface area contributed by atoms with Gasteiger partial charge in [-0.05, 0) is 17.5 Å². The van der Waals surface area contributed by atoms with E-state index in [0.29, 0.717) is 6.07 Å². The van der Waals surface area contributed by atoms with Gasteiger partial charge in [-0.1, -0.05) is 13.8 Å². The molecule has 0 amide bonds. The van der Waals surface area contributed by atoms with Crippen LogP contribution in [-0.2, 0) is 14.8 Å². The molecule has 0 heterocycles. The van der Waals surface area contributed by atoms with E-state index in [4.69, 9.17) is 10.7 Å². The first-order chi connectivity index (χ1) is 7.20. The van der Waals surface area contributed by atoms with Crippen molar-refractivity contribution in [2.24, 2.45) is 0 Å². The van der Waals surface area contributed by atoms with E-state index in [1.165, 1.54) is 6.07 Å². The van der Waals surface area contributed by atoms with Gasteiger partial charge < -0.3 is 0 Å². The van der Waals surface area contributed by atoms with Crippen LogP contribution in [0.3, 0.4) is 0 Å². The minimum Gasteiger partial charge on any atom is -0.212 e. The molecule has 6 heteroatoms. The monoisotopic (exact) mass is 268 g/mol. The Morgan fingerprint density at radius 2 is 1.81 bits per heavy atom. The maximum absolute atomic E-state index is 13.3. The molecule has 0 N–H and O–H groups in total. The first-order valence-corrected chi connectivity index (χ1v) is 7.08. The third-order valence-electron chi connectivity index (χ3n) is 2.12. The zero-order chi connectivity index (χ0) is 12.5. The summed E-state index contributed by atoms with van der Waals surface area (Å²) in [4.78, 5) is 0. The standard InChI is InChI=1S/C10H11ClF2O2S/c1-6(2)8-3-7(5-16(11,14)15)9(12)4-10(8)13/h3-4,6H,5H2,1-2H3. The lowest BCUT2D eigenvalue weighted by molar-refractivity contribution is 0.556. The Balaban J connectivity index is 3.25. The average Bonchev–Trinajstić information content (AvgIpc) is 2.07. The lowest BCUT2D eigenvalue weighted by atomic mass is 10.0. The predicted molar refractivity (Wildman–Crippen MR) is 58.9 cm³/mol. The fourth-order valence-corrected chi connectivity index (χ4v) is 2.30. The van der Waals surface area contributed by atoms with Gasteiger partial charge in [0.05, 0.1) is 5.75 Å². The van der Waals surface area contributed by atoms with Gasteiger partial charge in [-0.15, -0.1) is 0 Å². The summed E-state index contributed by atoms with van der Waals surface area (Å²) in [5.41, 5.74) is 0.164. The highest BCUT2D eigenvalue weighted by atomic mass is 35.7. The van der Waals surface area contributed by atoms with Crippen molar-refractivity contribution in [1.82, 2.24) is 0 Å². The number of hydrogen-bond acceptors (Lipinski definition) is 2. The molecular weight excluding hydrogens is 258 g/mol. The lowest BCUT2D eigenvalue weighted by Crippen LogP contribution is -2.03. The van der Waals surface area contributed by atoms with Crippen LogP contribution in [-0.4, -0.2) is 8.42 Å². The predicted octanol–water partition coefficient (Wildman–Crippen LogP) is 3.16. The van der Waals surface area contributed by atoms with Crippen LogP contribution in [0.25, 0.3) is 0 Å². The van der Waals surface area contributed by atoms with Crippen LogP contribution in [0.15, 0.2) is 12.1 Å². The maximum Gasteiger partial charge on any atom is 0.236 e. The second-order valence-electron chi connectivity index (χ2n) is 3.80. The van der Waals surface area contributed by atoms with Crippen molar-refractivity contribution in [2.75, 3.05) is 0 Å². The Morgan fingerprint density at radius 3 is 2.25 bits per heavy atom. The first kappa shape index (κ1) is 13.4. The summed E-state index contributed by atoms with van der Waals surface area (Å²) in [6.07, 6.45) is 0. The summed E-state index contributed by atoms with van der Waals surface area (Å²) in [7, 11) is 1.18. The van der Waals surface area contributed by atoms with Crippen molar-refractivity contribution in [3.8, 4) is 0 Å². The van der Waals surface area contributed by atoms with Crippen LogP contribution in [0.1, 0.15) is 30.9 Å². The Kier molecular flexibility index (Phi) is 3.91. The highest BCUT2D eigenvalue weighted by molar-refractivity contribution is 8.13. The van der Waals surface area contributed by atoms with Gasteiger partial charge in [0.15, 0.2) is 0 Å². The molecule has 0 radical (unpaired) electrons. The maximum atomic E-state index is 13.3. The van der Waals surface area contributed by atoms with Gasteiger partial charge in [0.2, 0.25) is 9.05 Å². The van der Waals surface area contributed by atoms with E-state index >= 15 is 0 Å². The summed E-state index contributed by atoms with van der Waals surface area (Å²) in [5, 5.41) is 0. The van der Waals surface area contributed by atoms with Gasteiger partial charge >= 0.3 is 0 Å². The lowest BCUT2D eigenvalue weighted by Gasteiger charge is -2.10. The van der Waals surface area contributed by atoms with E-state index in [9.17, 15) is 17.2 Å². The summed E-state index contributed by atoms with van der Waals surface area (Å²) in [6.45, 7) is 3.46. The third kappa shape index (κ3) is 3.42. The SMILES string of the molecule is CC(C)c1cc(CS(=O)(=O)Cl)c(F)cc1F. The Bertz CT molecular complexity index is 498. The van der Waals surface area contributed by atoms with Crippen molar-refractivity contribution in [1.29, 1.82) is 0 Å². The van der Waals surface area contributed by atoms with Gasteiger partial charge in [-0.3, -0.25) is 0 Å². The first-order valence-electron chi connectivity index (χ1n) is 4.61. The fraction of sp³-hybridized carbons (Fsp3) is 0.400.